The van der Waals surface area contributed by atoms with Gasteiger partial charge in [-0.2, -0.15) is 0 Å². The Balaban J connectivity index is 0.000000141. The summed E-state index contributed by atoms with van der Waals surface area (Å²) in [6.45, 7) is 0. The summed E-state index contributed by atoms with van der Waals surface area (Å²) < 4.78 is 0. The maximum atomic E-state index is 2.45. The Morgan fingerprint density at radius 2 is 0.328 bits per heavy atom. The van der Waals surface area contributed by atoms with Crippen molar-refractivity contribution in [2.45, 2.75) is 0 Å². The molecule has 0 heterocycles. The molecule has 0 nitrogen and oxygen atoms in total. The first-order valence-corrected chi connectivity index (χ1v) is 40.3. The van der Waals surface area contributed by atoms with Gasteiger partial charge in [0, 0.05) is 0 Å². The third-order valence-electron chi connectivity index (χ3n) is 24.2. The maximum Gasteiger partial charge on any atom is -0.000741 e. The van der Waals surface area contributed by atoms with E-state index in [1.807, 2.05) is 0 Å². The molecule has 0 heteroatoms. The summed E-state index contributed by atoms with van der Waals surface area (Å²) >= 11 is 0. The van der Waals surface area contributed by atoms with E-state index >= 15 is 0 Å². The second-order valence-corrected chi connectivity index (χ2v) is 30.7. The Morgan fingerprint density at radius 3 is 0.741 bits per heavy atom. The fraction of sp³-hybridized carbons (Fsp3) is 0. The molecule has 0 atom stereocenters. The van der Waals surface area contributed by atoms with E-state index in [0.29, 0.717) is 0 Å². The van der Waals surface area contributed by atoms with E-state index in [1.165, 1.54) is 232 Å². The SMILES string of the molecule is c1ccc(-c2cccc(-c3ccc4c(-c5ccccc5)c5c(c(-c6ccccc6)c4c3)-c3cccc4c(-c6cccc(-c7ccccc7)c6)ccc-5c34)c2)cc1.c1ccc(-c2cccc(-c3ccc4c5c(cccc35)-c3c-4c(-c4ccccc4)c4ccc(-c5ccc(-c6cccc7ccccc67)cc5)cc4c3-c3ccccc3)c2)cc1. The van der Waals surface area contributed by atoms with Crippen molar-refractivity contribution in [3.63, 3.8) is 0 Å². The Bertz CT molecular complexity index is 7410. The summed E-state index contributed by atoms with van der Waals surface area (Å²) in [5.74, 6) is 0. The molecule has 0 saturated carbocycles. The van der Waals surface area contributed by atoms with E-state index in [0.717, 1.165) is 0 Å². The Labute approximate surface area is 676 Å². The van der Waals surface area contributed by atoms with Crippen LogP contribution in [0, 0.1) is 0 Å². The van der Waals surface area contributed by atoms with Gasteiger partial charge >= 0.3 is 0 Å². The fourth-order valence-corrected chi connectivity index (χ4v) is 19.0. The second-order valence-electron chi connectivity index (χ2n) is 30.7. The number of hydrogen-bond donors (Lipinski definition) is 0. The van der Waals surface area contributed by atoms with E-state index in [2.05, 4.69) is 449 Å². The van der Waals surface area contributed by atoms with Crippen LogP contribution in [0.2, 0.25) is 0 Å². The molecule has 23 rings (SSSR count). The number of fused-ring (bicyclic) bond motifs is 9. The van der Waals surface area contributed by atoms with Crippen molar-refractivity contribution < 1.29 is 0 Å². The van der Waals surface area contributed by atoms with Crippen LogP contribution in [0.3, 0.4) is 0 Å². The number of benzene rings is 21. The van der Waals surface area contributed by atoms with Gasteiger partial charge in [-0.1, -0.05) is 419 Å². The van der Waals surface area contributed by atoms with Crippen molar-refractivity contribution in [2.75, 3.05) is 0 Å². The summed E-state index contributed by atoms with van der Waals surface area (Å²) in [6, 6.07) is 165. The zero-order valence-corrected chi connectivity index (χ0v) is 63.7. The quantitative estimate of drug-likeness (QED) is 0.114. The van der Waals surface area contributed by atoms with Crippen LogP contribution in [-0.2, 0) is 0 Å². The lowest BCUT2D eigenvalue weighted by molar-refractivity contribution is 1.59. The molecule has 0 fully saturated rings. The molecule has 0 spiro atoms. The van der Waals surface area contributed by atoms with Crippen molar-refractivity contribution in [3.05, 3.63) is 449 Å². The number of hydrogen-bond acceptors (Lipinski definition) is 0. The molecule has 0 unspecified atom stereocenters. The van der Waals surface area contributed by atoms with E-state index in [-0.39, 0.29) is 0 Å². The van der Waals surface area contributed by atoms with E-state index in [4.69, 9.17) is 0 Å². The summed E-state index contributed by atoms with van der Waals surface area (Å²) in [5.41, 5.74) is 40.1. The molecule has 0 aromatic heterocycles. The van der Waals surface area contributed by atoms with Crippen LogP contribution >= 0.6 is 0 Å². The molecule has 116 heavy (non-hydrogen) atoms. The van der Waals surface area contributed by atoms with Crippen LogP contribution in [0.1, 0.15) is 0 Å². The lowest BCUT2D eigenvalue weighted by Crippen LogP contribution is -1.94. The van der Waals surface area contributed by atoms with Gasteiger partial charge in [0.15, 0.2) is 0 Å². The predicted molar refractivity (Wildman–Crippen MR) is 495 cm³/mol. The smallest absolute Gasteiger partial charge is 0.000741 e. The van der Waals surface area contributed by atoms with Crippen molar-refractivity contribution >= 4 is 53.9 Å². The molecular weight excluding hydrogens is 1390 g/mol. The summed E-state index contributed by atoms with van der Waals surface area (Å²) in [7, 11) is 0. The van der Waals surface area contributed by atoms with Crippen molar-refractivity contribution in [1.29, 1.82) is 0 Å². The molecular formula is C116H74. The first kappa shape index (κ1) is 67.8. The van der Waals surface area contributed by atoms with Gasteiger partial charge in [-0.05, 0) is 262 Å². The van der Waals surface area contributed by atoms with Crippen molar-refractivity contribution in [1.82, 2.24) is 0 Å². The van der Waals surface area contributed by atoms with Crippen LogP contribution in [-0.4, -0.2) is 0 Å². The first-order valence-electron chi connectivity index (χ1n) is 40.3. The van der Waals surface area contributed by atoms with Crippen LogP contribution in [0.15, 0.2) is 449 Å². The highest BCUT2D eigenvalue weighted by Gasteiger charge is 2.34. The van der Waals surface area contributed by atoms with Gasteiger partial charge < -0.3 is 0 Å². The van der Waals surface area contributed by atoms with E-state index in [9.17, 15) is 0 Å². The first-order chi connectivity index (χ1) is 57.6. The van der Waals surface area contributed by atoms with E-state index < -0.39 is 0 Å². The largest absolute Gasteiger partial charge is 0.0622 e. The molecule has 0 saturated heterocycles. The van der Waals surface area contributed by atoms with Crippen molar-refractivity contribution in [3.8, 4) is 178 Å². The van der Waals surface area contributed by atoms with Gasteiger partial charge in [-0.3, -0.25) is 0 Å². The van der Waals surface area contributed by atoms with Crippen LogP contribution in [0.4, 0.5) is 0 Å². The lowest BCUT2D eigenvalue weighted by atomic mass is 9.81. The predicted octanol–water partition coefficient (Wildman–Crippen LogP) is 32.4. The Morgan fingerprint density at radius 1 is 0.0948 bits per heavy atom. The minimum atomic E-state index is 1.20. The monoisotopic (exact) mass is 1470 g/mol. The molecule has 538 valence electrons. The molecule has 2 aliphatic rings. The topological polar surface area (TPSA) is 0 Å². The highest BCUT2D eigenvalue weighted by Crippen LogP contribution is 2.61. The lowest BCUT2D eigenvalue weighted by Gasteiger charge is -2.21. The van der Waals surface area contributed by atoms with Gasteiger partial charge in [-0.25, -0.2) is 0 Å². The molecule has 0 amide bonds. The minimum absolute atomic E-state index is 1.20. The minimum Gasteiger partial charge on any atom is -0.0622 e. The molecule has 0 N–H and O–H groups in total. The number of rotatable bonds is 12. The Hall–Kier alpha value is -15.1. The van der Waals surface area contributed by atoms with Crippen LogP contribution in [0.25, 0.3) is 232 Å². The van der Waals surface area contributed by atoms with Gasteiger partial charge in [0.05, 0.1) is 0 Å². The molecule has 0 radical (unpaired) electrons. The zero-order valence-electron chi connectivity index (χ0n) is 63.7. The van der Waals surface area contributed by atoms with Crippen LogP contribution in [0.5, 0.6) is 0 Å². The summed E-state index contributed by atoms with van der Waals surface area (Å²) in [6.07, 6.45) is 0. The van der Waals surface area contributed by atoms with Crippen LogP contribution < -0.4 is 0 Å². The standard InChI is InChI=1S/C60H38.C56H36/c1-4-15-39(16-5-1)45-23-12-24-47(37-45)50-35-36-54-58-51(50)27-14-28-53(58)59-57(44-20-8-3-9-21-44)55-38-46(33-34-52(55)56(60(54)59)43-18-6-2-7-19-43)40-29-31-42(32-30-40)49-26-13-22-41-17-10-11-25-48(41)49;1-5-16-37(17-6-1)41-24-13-26-43(34-41)44-30-31-48-51(36-44)53(40-22-11-4-12-23-40)55-49-29-15-28-47-46(45-27-14-25-42(35-45)38-18-7-2-8-19-38)32-33-50(54(47)49)56(55)52(48)39-20-9-3-10-21-39/h1-38H;1-36H. The summed E-state index contributed by atoms with van der Waals surface area (Å²) in [4.78, 5) is 0. The Kier molecular flexibility index (Phi) is 16.7. The maximum absolute atomic E-state index is 2.45. The average Bonchev–Trinajstić information content (AvgIpc) is 1.55. The third kappa shape index (κ3) is 11.6. The normalized spacial score (nSPS) is 11.6. The highest BCUT2D eigenvalue weighted by molar-refractivity contribution is 6.31. The molecule has 2 aliphatic carbocycles. The molecule has 21 aromatic carbocycles. The molecule has 21 aromatic rings. The van der Waals surface area contributed by atoms with Gasteiger partial charge in [0.2, 0.25) is 0 Å². The average molecular weight is 1470 g/mol. The summed E-state index contributed by atoms with van der Waals surface area (Å²) in [5, 5.41) is 12.8. The second kappa shape index (κ2) is 28.6. The van der Waals surface area contributed by atoms with Crippen molar-refractivity contribution in [2.24, 2.45) is 0 Å². The highest BCUT2D eigenvalue weighted by atomic mass is 14.4. The van der Waals surface area contributed by atoms with Gasteiger partial charge in [-0.15, -0.1) is 0 Å². The van der Waals surface area contributed by atoms with E-state index in [1.54, 1.807) is 0 Å². The molecule has 0 aliphatic heterocycles. The molecule has 0 bridgehead atoms. The van der Waals surface area contributed by atoms with Gasteiger partial charge in [0.1, 0.15) is 0 Å². The third-order valence-corrected chi connectivity index (χ3v) is 24.2. The zero-order chi connectivity index (χ0) is 76.6. The van der Waals surface area contributed by atoms with Gasteiger partial charge in [0.25, 0.3) is 0 Å². The fourth-order valence-electron chi connectivity index (χ4n) is 19.0.